The van der Waals surface area contributed by atoms with Gasteiger partial charge in [-0.3, -0.25) is 4.79 Å². The number of nitrogens with zero attached hydrogens (tertiary/aromatic N) is 3. The van der Waals surface area contributed by atoms with Crippen molar-refractivity contribution in [3.05, 3.63) is 59.5 Å². The summed E-state index contributed by atoms with van der Waals surface area (Å²) in [6.45, 7) is 0.454. The quantitative estimate of drug-likeness (QED) is 0.938. The number of benzene rings is 1. The van der Waals surface area contributed by atoms with Gasteiger partial charge in [-0.05, 0) is 36.2 Å². The molecule has 1 saturated heterocycles. The van der Waals surface area contributed by atoms with Crippen molar-refractivity contribution >= 4 is 11.7 Å². The molecule has 3 rings (SSSR count). The number of hydrogen-bond acceptors (Lipinski definition) is 4. The van der Waals surface area contributed by atoms with E-state index in [1.807, 2.05) is 4.90 Å². The summed E-state index contributed by atoms with van der Waals surface area (Å²) < 4.78 is 13.1. The summed E-state index contributed by atoms with van der Waals surface area (Å²) in [6.07, 6.45) is 1.64. The molecule has 1 aromatic carbocycles. The lowest BCUT2D eigenvalue weighted by Crippen LogP contribution is -2.26. The minimum absolute atomic E-state index is 0.0662. The Morgan fingerprint density at radius 2 is 1.96 bits per heavy atom. The molecule has 1 fully saturated rings. The van der Waals surface area contributed by atoms with Gasteiger partial charge in [0.15, 0.2) is 0 Å². The van der Waals surface area contributed by atoms with E-state index in [2.05, 4.69) is 4.98 Å². The highest BCUT2D eigenvalue weighted by atomic mass is 19.1. The summed E-state index contributed by atoms with van der Waals surface area (Å²) in [6, 6.07) is 9.75. The predicted molar refractivity (Wildman–Crippen MR) is 89.4 cm³/mol. The van der Waals surface area contributed by atoms with Crippen molar-refractivity contribution in [2.75, 3.05) is 25.5 Å². The number of hydrogen-bond donors (Lipinski definition) is 1. The highest BCUT2D eigenvalue weighted by molar-refractivity contribution is 5.93. The molecule has 2 heterocycles. The molecule has 24 heavy (non-hydrogen) atoms. The second kappa shape index (κ2) is 6.57. The smallest absolute Gasteiger partial charge is 0.254 e. The summed E-state index contributed by atoms with van der Waals surface area (Å²) in [4.78, 5) is 19.8. The van der Waals surface area contributed by atoms with Crippen LogP contribution < -0.4 is 4.90 Å². The number of amides is 1. The molecule has 1 aromatic heterocycles. The second-order valence-electron chi connectivity index (χ2n) is 6.21. The van der Waals surface area contributed by atoms with Crippen molar-refractivity contribution in [1.82, 2.24) is 9.88 Å². The fourth-order valence-corrected chi connectivity index (χ4v) is 3.01. The average Bonchev–Trinajstić information content (AvgIpc) is 2.96. The van der Waals surface area contributed by atoms with Gasteiger partial charge in [0.05, 0.1) is 17.7 Å². The molecule has 5 nitrogen and oxygen atoms in total. The Morgan fingerprint density at radius 3 is 2.54 bits per heavy atom. The molecule has 1 aliphatic rings. The van der Waals surface area contributed by atoms with E-state index in [4.69, 9.17) is 0 Å². The van der Waals surface area contributed by atoms with Gasteiger partial charge in [-0.15, -0.1) is 0 Å². The predicted octanol–water partition coefficient (Wildman–Crippen LogP) is 2.23. The van der Waals surface area contributed by atoms with Crippen LogP contribution in [0.3, 0.4) is 0 Å². The molecule has 0 radical (unpaired) electrons. The zero-order valence-electron chi connectivity index (χ0n) is 13.7. The van der Waals surface area contributed by atoms with Gasteiger partial charge in [-0.25, -0.2) is 9.37 Å². The third-order valence-corrected chi connectivity index (χ3v) is 4.23. The number of rotatable bonds is 3. The van der Waals surface area contributed by atoms with Gasteiger partial charge in [-0.1, -0.05) is 12.1 Å². The van der Waals surface area contributed by atoms with Crippen molar-refractivity contribution in [2.45, 2.75) is 18.6 Å². The Labute approximate surface area is 140 Å². The summed E-state index contributed by atoms with van der Waals surface area (Å²) in [5.74, 6) is 0.301. The van der Waals surface area contributed by atoms with Crippen LogP contribution in [0, 0.1) is 5.82 Å². The van der Waals surface area contributed by atoms with Crippen LogP contribution in [0.25, 0.3) is 0 Å². The van der Waals surface area contributed by atoms with E-state index in [1.54, 1.807) is 44.6 Å². The van der Waals surface area contributed by atoms with Crippen molar-refractivity contribution in [1.29, 1.82) is 0 Å². The topological polar surface area (TPSA) is 56.7 Å². The van der Waals surface area contributed by atoms with Crippen molar-refractivity contribution in [3.8, 4) is 0 Å². The van der Waals surface area contributed by atoms with Gasteiger partial charge in [0.2, 0.25) is 0 Å². The Bertz CT molecular complexity index is 716. The van der Waals surface area contributed by atoms with Crippen LogP contribution >= 0.6 is 0 Å². The number of β-amino-alcohol motifs (C(OH)–C–C–N with tert-alkyl or cyclic N) is 1. The van der Waals surface area contributed by atoms with Crippen LogP contribution in [0.2, 0.25) is 0 Å². The summed E-state index contributed by atoms with van der Waals surface area (Å²) in [7, 11) is 3.38. The lowest BCUT2D eigenvalue weighted by Gasteiger charge is -2.26. The number of pyridine rings is 1. The van der Waals surface area contributed by atoms with Crippen molar-refractivity contribution in [3.63, 3.8) is 0 Å². The van der Waals surface area contributed by atoms with Gasteiger partial charge in [0.1, 0.15) is 11.6 Å². The van der Waals surface area contributed by atoms with E-state index in [9.17, 15) is 14.3 Å². The third kappa shape index (κ3) is 3.23. The minimum atomic E-state index is -0.468. The van der Waals surface area contributed by atoms with Crippen LogP contribution in [-0.2, 0) is 0 Å². The molecule has 126 valence electrons. The molecule has 6 heteroatoms. The SMILES string of the molecule is CN(C)C(=O)c1ccc(N2C[C@H](O)C[C@H]2c2ccc(F)cc2)nc1. The van der Waals surface area contributed by atoms with E-state index in [1.165, 1.54) is 17.0 Å². The fourth-order valence-electron chi connectivity index (χ4n) is 3.01. The number of anilines is 1. The van der Waals surface area contributed by atoms with Crippen LogP contribution in [0.1, 0.15) is 28.4 Å². The lowest BCUT2D eigenvalue weighted by atomic mass is 10.0. The number of aromatic nitrogens is 1. The van der Waals surface area contributed by atoms with Crippen molar-refractivity contribution < 1.29 is 14.3 Å². The third-order valence-electron chi connectivity index (χ3n) is 4.23. The Balaban J connectivity index is 1.86. The molecule has 0 unspecified atom stereocenters. The van der Waals surface area contributed by atoms with E-state index in [-0.39, 0.29) is 17.8 Å². The van der Waals surface area contributed by atoms with Gasteiger partial charge in [-0.2, -0.15) is 0 Å². The number of aliphatic hydroxyl groups is 1. The van der Waals surface area contributed by atoms with Crippen molar-refractivity contribution in [2.24, 2.45) is 0 Å². The second-order valence-corrected chi connectivity index (χ2v) is 6.21. The van der Waals surface area contributed by atoms with E-state index >= 15 is 0 Å². The lowest BCUT2D eigenvalue weighted by molar-refractivity contribution is 0.0827. The highest BCUT2D eigenvalue weighted by Crippen LogP contribution is 2.35. The number of halogens is 1. The van der Waals surface area contributed by atoms with Gasteiger partial charge >= 0.3 is 0 Å². The summed E-state index contributed by atoms with van der Waals surface area (Å²) in [5.41, 5.74) is 1.45. The first kappa shape index (κ1) is 16.4. The maximum Gasteiger partial charge on any atom is 0.254 e. The molecule has 0 spiro atoms. The first-order chi connectivity index (χ1) is 11.5. The number of aliphatic hydroxyl groups excluding tert-OH is 1. The van der Waals surface area contributed by atoms with Gasteiger partial charge < -0.3 is 14.9 Å². The zero-order valence-corrected chi connectivity index (χ0v) is 13.7. The van der Waals surface area contributed by atoms with E-state index < -0.39 is 6.10 Å². The Hall–Kier alpha value is -2.47. The van der Waals surface area contributed by atoms with Crippen LogP contribution in [0.15, 0.2) is 42.6 Å². The monoisotopic (exact) mass is 329 g/mol. The molecule has 1 amide bonds. The molecule has 1 aliphatic heterocycles. The molecule has 1 N–H and O–H groups in total. The molecule has 0 saturated carbocycles. The average molecular weight is 329 g/mol. The molecule has 2 atom stereocenters. The number of carbonyl (C=O) groups is 1. The van der Waals surface area contributed by atoms with Gasteiger partial charge in [0, 0.05) is 26.8 Å². The Morgan fingerprint density at radius 1 is 1.25 bits per heavy atom. The summed E-state index contributed by atoms with van der Waals surface area (Å²) >= 11 is 0. The molecule has 0 aliphatic carbocycles. The maximum absolute atomic E-state index is 13.1. The molecular formula is C18H20FN3O2. The molecule has 2 aromatic rings. The van der Waals surface area contributed by atoms with Crippen LogP contribution in [-0.4, -0.2) is 47.6 Å². The van der Waals surface area contributed by atoms with Crippen LogP contribution in [0.5, 0.6) is 0 Å². The van der Waals surface area contributed by atoms with E-state index in [0.29, 0.717) is 24.3 Å². The minimum Gasteiger partial charge on any atom is -0.391 e. The first-order valence-electron chi connectivity index (χ1n) is 7.83. The summed E-state index contributed by atoms with van der Waals surface area (Å²) in [5, 5.41) is 10.1. The molecular weight excluding hydrogens is 309 g/mol. The Kier molecular flexibility index (Phi) is 4.49. The normalized spacial score (nSPS) is 20.2. The largest absolute Gasteiger partial charge is 0.391 e. The number of carbonyl (C=O) groups excluding carboxylic acids is 1. The standard InChI is InChI=1S/C18H20FN3O2/c1-21(2)18(24)13-5-8-17(20-10-13)22-11-15(23)9-16(22)12-3-6-14(19)7-4-12/h3-8,10,15-16,23H,9,11H2,1-2H3/t15-,16+/m1/s1. The zero-order chi connectivity index (χ0) is 17.3. The molecule has 0 bridgehead atoms. The fraction of sp³-hybridized carbons (Fsp3) is 0.333. The highest BCUT2D eigenvalue weighted by Gasteiger charge is 2.33. The van der Waals surface area contributed by atoms with Gasteiger partial charge in [0.25, 0.3) is 5.91 Å². The van der Waals surface area contributed by atoms with E-state index in [0.717, 1.165) is 5.56 Å². The maximum atomic E-state index is 13.1. The van der Waals surface area contributed by atoms with Crippen LogP contribution in [0.4, 0.5) is 10.2 Å². The first-order valence-corrected chi connectivity index (χ1v) is 7.83.